The summed E-state index contributed by atoms with van der Waals surface area (Å²) in [7, 11) is 0. The monoisotopic (exact) mass is 548 g/mol. The van der Waals surface area contributed by atoms with Gasteiger partial charge in [-0.25, -0.2) is 9.18 Å². The van der Waals surface area contributed by atoms with Gasteiger partial charge in [0.1, 0.15) is 12.4 Å². The summed E-state index contributed by atoms with van der Waals surface area (Å²) in [5, 5.41) is 4.55. The Morgan fingerprint density at radius 2 is 1.77 bits per heavy atom. The van der Waals surface area contributed by atoms with E-state index in [1.54, 1.807) is 29.2 Å². The first-order valence-electron chi connectivity index (χ1n) is 13.1. The molecule has 0 bridgehead atoms. The van der Waals surface area contributed by atoms with Crippen molar-refractivity contribution in [2.45, 2.75) is 33.7 Å². The van der Waals surface area contributed by atoms with E-state index in [9.17, 15) is 14.0 Å². The van der Waals surface area contributed by atoms with Gasteiger partial charge >= 0.3 is 6.03 Å². The number of aryl methyl sites for hydroxylation is 1. The molecule has 0 unspecified atom stereocenters. The van der Waals surface area contributed by atoms with Crippen LogP contribution in [-0.4, -0.2) is 46.4 Å². The normalized spacial score (nSPS) is 11.1. The molecule has 3 aromatic carbocycles. The molecule has 0 aliphatic rings. The fourth-order valence-corrected chi connectivity index (χ4v) is 4.67. The zero-order chi connectivity index (χ0) is 27.9. The molecule has 0 radical (unpaired) electrons. The van der Waals surface area contributed by atoms with Crippen LogP contribution in [-0.2, 0) is 17.8 Å². The molecule has 204 valence electrons. The SMILES string of the molecule is Cc1ccc(NC(=O)N(CC(=O)N(CCc2c[nH]c3ccccc23)Cc2ccc(F)cc2)CC(C)C)cc1Cl. The Kier molecular flexibility index (Phi) is 9.25. The highest BCUT2D eigenvalue weighted by molar-refractivity contribution is 6.31. The topological polar surface area (TPSA) is 68.4 Å². The smallest absolute Gasteiger partial charge is 0.322 e. The van der Waals surface area contributed by atoms with Crippen molar-refractivity contribution in [1.82, 2.24) is 14.8 Å². The number of halogens is 2. The van der Waals surface area contributed by atoms with Gasteiger partial charge in [0, 0.05) is 47.4 Å². The van der Waals surface area contributed by atoms with Crippen LogP contribution in [0.2, 0.25) is 5.02 Å². The zero-order valence-corrected chi connectivity index (χ0v) is 23.3. The largest absolute Gasteiger partial charge is 0.361 e. The highest BCUT2D eigenvalue weighted by Gasteiger charge is 2.23. The van der Waals surface area contributed by atoms with Gasteiger partial charge in [-0.3, -0.25) is 4.79 Å². The molecule has 4 rings (SSSR count). The molecule has 3 amide bonds. The zero-order valence-electron chi connectivity index (χ0n) is 22.5. The van der Waals surface area contributed by atoms with Crippen molar-refractivity contribution >= 4 is 40.1 Å². The average Bonchev–Trinajstić information content (AvgIpc) is 3.32. The van der Waals surface area contributed by atoms with Crippen LogP contribution in [0, 0.1) is 18.7 Å². The van der Waals surface area contributed by atoms with Gasteiger partial charge in [-0.2, -0.15) is 0 Å². The third kappa shape index (κ3) is 7.60. The predicted octanol–water partition coefficient (Wildman–Crippen LogP) is 7.03. The van der Waals surface area contributed by atoms with Crippen LogP contribution < -0.4 is 5.32 Å². The minimum atomic E-state index is -0.365. The first-order valence-corrected chi connectivity index (χ1v) is 13.5. The fourth-order valence-electron chi connectivity index (χ4n) is 4.49. The Balaban J connectivity index is 1.52. The van der Waals surface area contributed by atoms with E-state index in [1.807, 2.05) is 51.2 Å². The lowest BCUT2D eigenvalue weighted by atomic mass is 10.1. The second kappa shape index (κ2) is 12.8. The standard InChI is InChI=1S/C31H34ClFN4O2/c1-21(2)18-37(31(39)35-26-13-8-22(3)28(32)16-26)20-30(38)36(19-23-9-11-25(33)12-10-23)15-14-24-17-34-29-7-5-4-6-27(24)29/h4-13,16-17,21,34H,14-15,18-20H2,1-3H3,(H,35,39). The number of nitrogens with zero attached hydrogens (tertiary/aromatic N) is 2. The number of H-pyrrole nitrogens is 1. The van der Waals surface area contributed by atoms with Crippen molar-refractivity contribution < 1.29 is 14.0 Å². The Bertz CT molecular complexity index is 1430. The van der Waals surface area contributed by atoms with E-state index < -0.39 is 0 Å². The molecule has 0 spiro atoms. The summed E-state index contributed by atoms with van der Waals surface area (Å²) in [4.78, 5) is 33.5. The summed E-state index contributed by atoms with van der Waals surface area (Å²) < 4.78 is 13.5. The first-order chi connectivity index (χ1) is 18.7. The lowest BCUT2D eigenvalue weighted by Gasteiger charge is -2.29. The van der Waals surface area contributed by atoms with Crippen LogP contribution in [0.15, 0.2) is 72.9 Å². The Morgan fingerprint density at radius 1 is 1.03 bits per heavy atom. The average molecular weight is 549 g/mol. The molecule has 0 atom stereocenters. The number of urea groups is 1. The van der Waals surface area contributed by atoms with Crippen molar-refractivity contribution in [3.05, 3.63) is 100 Å². The number of fused-ring (bicyclic) bond motifs is 1. The Labute approximate surface area is 233 Å². The van der Waals surface area contributed by atoms with Gasteiger partial charge in [0.15, 0.2) is 0 Å². The van der Waals surface area contributed by atoms with Gasteiger partial charge < -0.3 is 20.1 Å². The lowest BCUT2D eigenvalue weighted by Crippen LogP contribution is -2.46. The number of carbonyl (C=O) groups is 2. The maximum absolute atomic E-state index is 13.7. The number of anilines is 1. The summed E-state index contributed by atoms with van der Waals surface area (Å²) in [6.07, 6.45) is 2.60. The van der Waals surface area contributed by atoms with Crippen molar-refractivity contribution in [2.75, 3.05) is 25.0 Å². The fraction of sp³-hybridized carbons (Fsp3) is 0.290. The predicted molar refractivity (Wildman–Crippen MR) is 155 cm³/mol. The molecule has 2 N–H and O–H groups in total. The van der Waals surface area contributed by atoms with E-state index in [2.05, 4.69) is 16.4 Å². The minimum absolute atomic E-state index is 0.0846. The molecule has 0 aliphatic heterocycles. The second-order valence-electron chi connectivity index (χ2n) is 10.2. The third-order valence-electron chi connectivity index (χ3n) is 6.59. The van der Waals surface area contributed by atoms with Gasteiger partial charge in [-0.05, 0) is 66.3 Å². The summed E-state index contributed by atoms with van der Waals surface area (Å²) in [5.74, 6) is -0.356. The second-order valence-corrected chi connectivity index (χ2v) is 10.6. The molecule has 1 aromatic heterocycles. The number of aromatic amines is 1. The van der Waals surface area contributed by atoms with Crippen molar-refractivity contribution in [1.29, 1.82) is 0 Å². The third-order valence-corrected chi connectivity index (χ3v) is 6.99. The summed E-state index contributed by atoms with van der Waals surface area (Å²) in [5.41, 5.74) is 4.45. The van der Waals surface area contributed by atoms with Crippen LogP contribution >= 0.6 is 11.6 Å². The highest BCUT2D eigenvalue weighted by atomic mass is 35.5. The molecule has 1 heterocycles. The Morgan fingerprint density at radius 3 is 2.49 bits per heavy atom. The van der Waals surface area contributed by atoms with Crippen LogP contribution in [0.1, 0.15) is 30.5 Å². The number of rotatable bonds is 10. The number of nitrogens with one attached hydrogen (secondary N) is 2. The van der Waals surface area contributed by atoms with Crippen LogP contribution in [0.5, 0.6) is 0 Å². The molecule has 4 aromatic rings. The van der Waals surface area contributed by atoms with E-state index >= 15 is 0 Å². The molecule has 8 heteroatoms. The molecular formula is C31H34ClFN4O2. The van der Waals surface area contributed by atoms with E-state index in [-0.39, 0.29) is 30.2 Å². The van der Waals surface area contributed by atoms with Crippen LogP contribution in [0.3, 0.4) is 0 Å². The van der Waals surface area contributed by atoms with Gasteiger partial charge in [0.2, 0.25) is 5.91 Å². The van der Waals surface area contributed by atoms with Crippen molar-refractivity contribution in [3.8, 4) is 0 Å². The van der Waals surface area contributed by atoms with E-state index in [4.69, 9.17) is 11.6 Å². The number of aromatic nitrogens is 1. The number of amides is 3. The molecule has 0 aliphatic carbocycles. The number of para-hydroxylation sites is 1. The number of hydrogen-bond donors (Lipinski definition) is 2. The van der Waals surface area contributed by atoms with Gasteiger partial charge in [0.25, 0.3) is 0 Å². The summed E-state index contributed by atoms with van der Waals surface area (Å²) in [6, 6.07) is 19.1. The molecular weight excluding hydrogens is 515 g/mol. The minimum Gasteiger partial charge on any atom is -0.361 e. The summed E-state index contributed by atoms with van der Waals surface area (Å²) >= 11 is 6.24. The van der Waals surface area contributed by atoms with E-state index in [0.717, 1.165) is 27.6 Å². The van der Waals surface area contributed by atoms with Crippen molar-refractivity contribution in [3.63, 3.8) is 0 Å². The van der Waals surface area contributed by atoms with E-state index in [1.165, 1.54) is 17.0 Å². The Hall–Kier alpha value is -3.84. The van der Waals surface area contributed by atoms with Crippen LogP contribution in [0.4, 0.5) is 14.9 Å². The quantitative estimate of drug-likeness (QED) is 0.223. The molecule has 0 saturated carbocycles. The van der Waals surface area contributed by atoms with E-state index in [0.29, 0.717) is 36.8 Å². The van der Waals surface area contributed by atoms with Crippen LogP contribution in [0.25, 0.3) is 10.9 Å². The molecule has 0 fully saturated rings. The number of hydrogen-bond acceptors (Lipinski definition) is 2. The molecule has 39 heavy (non-hydrogen) atoms. The van der Waals surface area contributed by atoms with Crippen molar-refractivity contribution in [2.24, 2.45) is 5.92 Å². The first kappa shape index (κ1) is 28.2. The number of carbonyl (C=O) groups excluding carboxylic acids is 2. The van der Waals surface area contributed by atoms with Gasteiger partial charge in [-0.15, -0.1) is 0 Å². The number of benzene rings is 3. The molecule has 6 nitrogen and oxygen atoms in total. The molecule has 0 saturated heterocycles. The highest BCUT2D eigenvalue weighted by Crippen LogP contribution is 2.21. The van der Waals surface area contributed by atoms with Gasteiger partial charge in [0.05, 0.1) is 0 Å². The summed E-state index contributed by atoms with van der Waals surface area (Å²) in [6.45, 7) is 6.98. The van der Waals surface area contributed by atoms with Gasteiger partial charge in [-0.1, -0.05) is 61.8 Å². The lowest BCUT2D eigenvalue weighted by molar-refractivity contribution is -0.132. The maximum Gasteiger partial charge on any atom is 0.322 e. The maximum atomic E-state index is 13.7.